The average Bonchev–Trinajstić information content (AvgIpc) is 2.03. The van der Waals surface area contributed by atoms with Crippen molar-refractivity contribution in [3.8, 4) is 0 Å². The van der Waals surface area contributed by atoms with Crippen molar-refractivity contribution in [3.05, 3.63) is 22.4 Å². The van der Waals surface area contributed by atoms with Crippen LogP contribution in [0.2, 0.25) is 0 Å². The van der Waals surface area contributed by atoms with Crippen LogP contribution in [-0.4, -0.2) is 17.5 Å². The molecule has 1 saturated heterocycles. The van der Waals surface area contributed by atoms with Gasteiger partial charge in [0.15, 0.2) is 0 Å². The molecule has 0 aliphatic carbocycles. The largest absolute Gasteiger partial charge is 0.310 e. The highest BCUT2D eigenvalue weighted by Crippen LogP contribution is 2.07. The standard InChI is InChI=1S/C7H12N2O2/c10-9(11)6-4-7-3-1-2-5-8-7/h4,6-8H,1-3,5H2/b6-4+. The molecule has 1 aliphatic heterocycles. The smallest absolute Gasteiger partial charge is 0.232 e. The Kier molecular flexibility index (Phi) is 3.04. The van der Waals surface area contributed by atoms with E-state index >= 15 is 0 Å². The van der Waals surface area contributed by atoms with Gasteiger partial charge in [0.1, 0.15) is 0 Å². The van der Waals surface area contributed by atoms with E-state index in [0.717, 1.165) is 19.2 Å². The van der Waals surface area contributed by atoms with E-state index in [0.29, 0.717) is 0 Å². The summed E-state index contributed by atoms with van der Waals surface area (Å²) in [4.78, 5) is 9.51. The third kappa shape index (κ3) is 3.13. The van der Waals surface area contributed by atoms with Crippen LogP contribution in [0.3, 0.4) is 0 Å². The average molecular weight is 156 g/mol. The summed E-state index contributed by atoms with van der Waals surface area (Å²) < 4.78 is 0. The molecule has 4 nitrogen and oxygen atoms in total. The SMILES string of the molecule is O=[N+]([O-])/C=C/C1CCCCN1. The number of hydrogen-bond acceptors (Lipinski definition) is 3. The van der Waals surface area contributed by atoms with E-state index in [-0.39, 0.29) is 6.04 Å². The molecule has 0 bridgehead atoms. The molecule has 0 saturated carbocycles. The maximum Gasteiger partial charge on any atom is 0.232 e. The first-order valence-corrected chi connectivity index (χ1v) is 3.84. The molecule has 0 radical (unpaired) electrons. The number of piperidine rings is 1. The summed E-state index contributed by atoms with van der Waals surface area (Å²) >= 11 is 0. The number of rotatable bonds is 2. The van der Waals surface area contributed by atoms with E-state index in [4.69, 9.17) is 0 Å². The number of nitrogens with zero attached hydrogens (tertiary/aromatic N) is 1. The Morgan fingerprint density at radius 1 is 1.55 bits per heavy atom. The molecule has 62 valence electrons. The second-order valence-corrected chi connectivity index (χ2v) is 2.68. The van der Waals surface area contributed by atoms with E-state index in [1.54, 1.807) is 6.08 Å². The van der Waals surface area contributed by atoms with Crippen LogP contribution in [0.25, 0.3) is 0 Å². The summed E-state index contributed by atoms with van der Waals surface area (Å²) in [6, 6.07) is 0.217. The highest BCUT2D eigenvalue weighted by molar-refractivity contribution is 4.90. The third-order valence-electron chi connectivity index (χ3n) is 1.79. The van der Waals surface area contributed by atoms with Gasteiger partial charge in [-0.1, -0.05) is 6.42 Å². The molecular weight excluding hydrogens is 144 g/mol. The van der Waals surface area contributed by atoms with Gasteiger partial charge in [-0.3, -0.25) is 10.1 Å². The zero-order valence-electron chi connectivity index (χ0n) is 6.32. The summed E-state index contributed by atoms with van der Waals surface area (Å²) in [5.41, 5.74) is 0. The maximum absolute atomic E-state index is 9.93. The number of nitro groups is 1. The van der Waals surface area contributed by atoms with Crippen molar-refractivity contribution in [1.29, 1.82) is 0 Å². The van der Waals surface area contributed by atoms with Crippen molar-refractivity contribution in [2.24, 2.45) is 0 Å². The van der Waals surface area contributed by atoms with Gasteiger partial charge in [-0.2, -0.15) is 0 Å². The van der Waals surface area contributed by atoms with E-state index in [9.17, 15) is 10.1 Å². The number of nitrogens with one attached hydrogen (secondary N) is 1. The predicted octanol–water partition coefficient (Wildman–Crippen LogP) is 0.919. The van der Waals surface area contributed by atoms with Gasteiger partial charge in [0.25, 0.3) is 0 Å². The monoisotopic (exact) mass is 156 g/mol. The van der Waals surface area contributed by atoms with Crippen LogP contribution < -0.4 is 5.32 Å². The van der Waals surface area contributed by atoms with Gasteiger partial charge >= 0.3 is 0 Å². The first-order chi connectivity index (χ1) is 5.29. The molecule has 1 N–H and O–H groups in total. The molecule has 1 fully saturated rings. The molecule has 1 aliphatic rings. The summed E-state index contributed by atoms with van der Waals surface area (Å²) in [5.74, 6) is 0. The zero-order chi connectivity index (χ0) is 8.10. The first-order valence-electron chi connectivity index (χ1n) is 3.84. The summed E-state index contributed by atoms with van der Waals surface area (Å²) in [6.45, 7) is 0.979. The topological polar surface area (TPSA) is 55.2 Å². The van der Waals surface area contributed by atoms with E-state index in [1.807, 2.05) is 0 Å². The molecule has 1 heterocycles. The Hall–Kier alpha value is -0.900. The Balaban J connectivity index is 2.29. The lowest BCUT2D eigenvalue weighted by atomic mass is 10.1. The van der Waals surface area contributed by atoms with Crippen LogP contribution in [-0.2, 0) is 0 Å². The fraction of sp³-hybridized carbons (Fsp3) is 0.714. The molecule has 0 aromatic heterocycles. The molecule has 0 aromatic rings. The summed E-state index contributed by atoms with van der Waals surface area (Å²) in [7, 11) is 0. The quantitative estimate of drug-likeness (QED) is 0.477. The van der Waals surface area contributed by atoms with Gasteiger partial charge in [0.05, 0.1) is 4.92 Å². The van der Waals surface area contributed by atoms with Crippen molar-refractivity contribution < 1.29 is 4.92 Å². The second kappa shape index (κ2) is 4.08. The lowest BCUT2D eigenvalue weighted by Crippen LogP contribution is -2.32. The van der Waals surface area contributed by atoms with E-state index in [1.165, 1.54) is 12.8 Å². The summed E-state index contributed by atoms with van der Waals surface area (Å²) in [6.07, 6.45) is 6.01. The van der Waals surface area contributed by atoms with Crippen LogP contribution in [0.1, 0.15) is 19.3 Å². The first kappa shape index (κ1) is 8.20. The molecule has 1 unspecified atom stereocenters. The highest BCUT2D eigenvalue weighted by atomic mass is 16.6. The molecular formula is C7H12N2O2. The molecule has 0 amide bonds. The van der Waals surface area contributed by atoms with Crippen LogP contribution in [0.4, 0.5) is 0 Å². The molecule has 4 heteroatoms. The Labute approximate surface area is 65.4 Å². The fourth-order valence-corrected chi connectivity index (χ4v) is 1.22. The van der Waals surface area contributed by atoms with Crippen LogP contribution in [0.5, 0.6) is 0 Å². The van der Waals surface area contributed by atoms with Gasteiger partial charge in [-0.15, -0.1) is 0 Å². The van der Waals surface area contributed by atoms with Gasteiger partial charge in [-0.05, 0) is 19.4 Å². The zero-order valence-corrected chi connectivity index (χ0v) is 6.32. The normalized spacial score (nSPS) is 25.6. The Bertz CT molecular complexity index is 162. The van der Waals surface area contributed by atoms with Crippen molar-refractivity contribution in [3.63, 3.8) is 0 Å². The predicted molar refractivity (Wildman–Crippen MR) is 41.8 cm³/mol. The highest BCUT2D eigenvalue weighted by Gasteiger charge is 2.09. The van der Waals surface area contributed by atoms with Gasteiger partial charge in [0, 0.05) is 12.1 Å². The van der Waals surface area contributed by atoms with Crippen LogP contribution in [0.15, 0.2) is 12.3 Å². The Morgan fingerprint density at radius 3 is 2.91 bits per heavy atom. The lowest BCUT2D eigenvalue weighted by Gasteiger charge is -2.18. The van der Waals surface area contributed by atoms with Crippen molar-refractivity contribution in [2.75, 3.05) is 6.54 Å². The second-order valence-electron chi connectivity index (χ2n) is 2.68. The van der Waals surface area contributed by atoms with Gasteiger partial charge in [-0.25, -0.2) is 0 Å². The van der Waals surface area contributed by atoms with Gasteiger partial charge < -0.3 is 5.32 Å². The van der Waals surface area contributed by atoms with E-state index < -0.39 is 4.92 Å². The van der Waals surface area contributed by atoms with E-state index in [2.05, 4.69) is 5.32 Å². The molecule has 0 spiro atoms. The van der Waals surface area contributed by atoms with Crippen LogP contribution in [0, 0.1) is 10.1 Å². The maximum atomic E-state index is 9.93. The molecule has 11 heavy (non-hydrogen) atoms. The van der Waals surface area contributed by atoms with Crippen molar-refractivity contribution >= 4 is 0 Å². The molecule has 0 aromatic carbocycles. The summed E-state index contributed by atoms with van der Waals surface area (Å²) in [5, 5.41) is 13.1. The minimum absolute atomic E-state index is 0.217. The third-order valence-corrected chi connectivity index (χ3v) is 1.79. The minimum atomic E-state index is -0.420. The van der Waals surface area contributed by atoms with Crippen LogP contribution >= 0.6 is 0 Å². The lowest BCUT2D eigenvalue weighted by molar-refractivity contribution is -0.402. The fourth-order valence-electron chi connectivity index (χ4n) is 1.22. The molecule has 1 atom stereocenters. The van der Waals surface area contributed by atoms with Crippen molar-refractivity contribution in [2.45, 2.75) is 25.3 Å². The van der Waals surface area contributed by atoms with Crippen molar-refractivity contribution in [1.82, 2.24) is 5.32 Å². The Morgan fingerprint density at radius 2 is 2.36 bits per heavy atom. The van der Waals surface area contributed by atoms with Gasteiger partial charge in [0.2, 0.25) is 6.20 Å². The minimum Gasteiger partial charge on any atom is -0.310 e. The molecule has 1 rings (SSSR count). The number of hydrogen-bond donors (Lipinski definition) is 1.